The van der Waals surface area contributed by atoms with Gasteiger partial charge in [0.05, 0.1) is 18.8 Å². The summed E-state index contributed by atoms with van der Waals surface area (Å²) < 4.78 is 5.76. The number of amides is 2. The van der Waals surface area contributed by atoms with Gasteiger partial charge in [-0.25, -0.2) is 0 Å². The Kier molecular flexibility index (Phi) is 5.11. The van der Waals surface area contributed by atoms with Gasteiger partial charge in [-0.05, 0) is 43.2 Å². The Balaban J connectivity index is 1.78. The second-order valence-electron chi connectivity index (χ2n) is 6.44. The first-order chi connectivity index (χ1) is 12.5. The second-order valence-corrected chi connectivity index (χ2v) is 6.44. The van der Waals surface area contributed by atoms with Crippen LogP contribution < -0.4 is 20.3 Å². The molecule has 2 N–H and O–H groups in total. The van der Waals surface area contributed by atoms with Crippen LogP contribution in [0.25, 0.3) is 0 Å². The van der Waals surface area contributed by atoms with Crippen molar-refractivity contribution in [1.82, 2.24) is 5.32 Å². The smallest absolute Gasteiger partial charge is 0.262 e. The molecule has 1 atom stereocenters. The van der Waals surface area contributed by atoms with Crippen LogP contribution in [0.3, 0.4) is 0 Å². The van der Waals surface area contributed by atoms with Crippen molar-refractivity contribution in [3.63, 3.8) is 0 Å². The maximum absolute atomic E-state index is 12.6. The van der Waals surface area contributed by atoms with Gasteiger partial charge in [0.25, 0.3) is 5.91 Å². The van der Waals surface area contributed by atoms with Gasteiger partial charge in [-0.3, -0.25) is 9.59 Å². The van der Waals surface area contributed by atoms with Gasteiger partial charge in [0.1, 0.15) is 5.75 Å². The molecule has 2 aromatic rings. The average molecular weight is 353 g/mol. The molecule has 26 heavy (non-hydrogen) atoms. The number of likely N-dealkylation sites (N-methyl/N-ethyl adjacent to an activating group) is 1. The topological polar surface area (TPSA) is 70.7 Å². The number of hydrogen-bond donors (Lipinski definition) is 2. The monoisotopic (exact) mass is 353 g/mol. The molecule has 0 aliphatic carbocycles. The summed E-state index contributed by atoms with van der Waals surface area (Å²) in [6, 6.07) is 13.4. The molecule has 3 rings (SSSR count). The molecule has 0 saturated heterocycles. The Labute approximate surface area is 153 Å². The van der Waals surface area contributed by atoms with E-state index >= 15 is 0 Å². The zero-order chi connectivity index (χ0) is 18.7. The van der Waals surface area contributed by atoms with Crippen molar-refractivity contribution in [3.8, 4) is 5.75 Å². The molecule has 0 spiro atoms. The molecule has 136 valence electrons. The van der Waals surface area contributed by atoms with Crippen LogP contribution >= 0.6 is 0 Å². The summed E-state index contributed by atoms with van der Waals surface area (Å²) in [7, 11) is 1.57. The van der Waals surface area contributed by atoms with E-state index in [0.29, 0.717) is 12.3 Å². The van der Waals surface area contributed by atoms with Gasteiger partial charge < -0.3 is 20.3 Å². The molecule has 1 heterocycles. The summed E-state index contributed by atoms with van der Waals surface area (Å²) in [5, 5.41) is 5.57. The van der Waals surface area contributed by atoms with E-state index in [1.165, 1.54) is 0 Å². The molecule has 0 unspecified atom stereocenters. The van der Waals surface area contributed by atoms with Crippen LogP contribution in [0.2, 0.25) is 0 Å². The third-order valence-corrected chi connectivity index (χ3v) is 4.40. The van der Waals surface area contributed by atoms with Gasteiger partial charge >= 0.3 is 0 Å². The summed E-state index contributed by atoms with van der Waals surface area (Å²) in [4.78, 5) is 26.5. The molecule has 0 fully saturated rings. The molecule has 0 saturated carbocycles. The van der Waals surface area contributed by atoms with Crippen molar-refractivity contribution in [2.45, 2.75) is 20.0 Å². The number of nitrogens with one attached hydrogen (secondary N) is 2. The van der Waals surface area contributed by atoms with Crippen molar-refractivity contribution < 1.29 is 14.3 Å². The van der Waals surface area contributed by atoms with E-state index in [4.69, 9.17) is 4.74 Å². The van der Waals surface area contributed by atoms with Gasteiger partial charge in [-0.15, -0.1) is 0 Å². The number of hydrogen-bond acceptors (Lipinski definition) is 4. The quantitative estimate of drug-likeness (QED) is 0.885. The molecule has 0 aromatic heterocycles. The Morgan fingerprint density at radius 2 is 1.96 bits per heavy atom. The Hall–Kier alpha value is -3.02. The predicted octanol–water partition coefficient (Wildman–Crippen LogP) is 2.26. The normalized spacial score (nSPS) is 15.7. The van der Waals surface area contributed by atoms with E-state index in [-0.39, 0.29) is 18.4 Å². The van der Waals surface area contributed by atoms with E-state index in [1.54, 1.807) is 13.1 Å². The molecule has 0 radical (unpaired) electrons. The molecular weight excluding hydrogens is 330 g/mol. The molecule has 2 amide bonds. The van der Waals surface area contributed by atoms with Crippen molar-refractivity contribution >= 4 is 23.2 Å². The third-order valence-electron chi connectivity index (χ3n) is 4.40. The number of rotatable bonds is 4. The SMILES string of the molecule is CNC(=O)[C@@H]1CN(CC(=O)Nc2cc(C)ccc2C)c2ccccc2O1. The molecule has 1 aliphatic heterocycles. The molecule has 6 nitrogen and oxygen atoms in total. The standard InChI is InChI=1S/C20H23N3O3/c1-13-8-9-14(2)15(10-13)22-19(24)12-23-11-18(20(25)21-3)26-17-7-5-4-6-16(17)23/h4-10,18H,11-12H2,1-3H3,(H,21,25)(H,22,24)/t18-/m0/s1. The summed E-state index contributed by atoms with van der Waals surface area (Å²) in [6.45, 7) is 4.40. The molecule has 0 bridgehead atoms. The lowest BCUT2D eigenvalue weighted by Crippen LogP contribution is -2.50. The van der Waals surface area contributed by atoms with E-state index in [9.17, 15) is 9.59 Å². The number of ether oxygens (including phenoxy) is 1. The van der Waals surface area contributed by atoms with Crippen LogP contribution in [0.1, 0.15) is 11.1 Å². The lowest BCUT2D eigenvalue weighted by atomic mass is 10.1. The number of carbonyl (C=O) groups excluding carboxylic acids is 2. The van der Waals surface area contributed by atoms with Gasteiger partial charge in [0, 0.05) is 12.7 Å². The van der Waals surface area contributed by atoms with Gasteiger partial charge in [-0.1, -0.05) is 24.3 Å². The van der Waals surface area contributed by atoms with Gasteiger partial charge in [0.15, 0.2) is 6.10 Å². The zero-order valence-electron chi connectivity index (χ0n) is 15.2. The van der Waals surface area contributed by atoms with Crippen LogP contribution in [-0.2, 0) is 9.59 Å². The Bertz CT molecular complexity index is 835. The highest BCUT2D eigenvalue weighted by atomic mass is 16.5. The van der Waals surface area contributed by atoms with Crippen LogP contribution in [-0.4, -0.2) is 38.1 Å². The average Bonchev–Trinajstić information content (AvgIpc) is 2.64. The fourth-order valence-corrected chi connectivity index (χ4v) is 2.99. The van der Waals surface area contributed by atoms with Crippen molar-refractivity contribution in [1.29, 1.82) is 0 Å². The fourth-order valence-electron chi connectivity index (χ4n) is 2.99. The summed E-state index contributed by atoms with van der Waals surface area (Å²) in [5.41, 5.74) is 3.71. The largest absolute Gasteiger partial charge is 0.477 e. The molecule has 1 aliphatic rings. The van der Waals surface area contributed by atoms with Gasteiger partial charge in [-0.2, -0.15) is 0 Å². The Morgan fingerprint density at radius 3 is 2.73 bits per heavy atom. The minimum atomic E-state index is -0.650. The van der Waals surface area contributed by atoms with Crippen LogP contribution in [0, 0.1) is 13.8 Å². The zero-order valence-corrected chi connectivity index (χ0v) is 15.2. The number of carbonyl (C=O) groups is 2. The first-order valence-corrected chi connectivity index (χ1v) is 8.57. The number of aryl methyl sites for hydroxylation is 2. The second kappa shape index (κ2) is 7.47. The highest BCUT2D eigenvalue weighted by Gasteiger charge is 2.31. The lowest BCUT2D eigenvalue weighted by molar-refractivity contribution is -0.127. The molecule has 6 heteroatoms. The number of nitrogens with zero attached hydrogens (tertiary/aromatic N) is 1. The maximum atomic E-state index is 12.6. The maximum Gasteiger partial charge on any atom is 0.262 e. The predicted molar refractivity (Wildman–Crippen MR) is 102 cm³/mol. The van der Waals surface area contributed by atoms with Crippen molar-refractivity contribution in [3.05, 3.63) is 53.6 Å². The lowest BCUT2D eigenvalue weighted by Gasteiger charge is -2.35. The highest BCUT2D eigenvalue weighted by Crippen LogP contribution is 2.33. The van der Waals surface area contributed by atoms with Crippen LogP contribution in [0.15, 0.2) is 42.5 Å². The van der Waals surface area contributed by atoms with Crippen LogP contribution in [0.4, 0.5) is 11.4 Å². The summed E-state index contributed by atoms with van der Waals surface area (Å²) in [5.74, 6) is 0.261. The van der Waals surface area contributed by atoms with Crippen LogP contribution in [0.5, 0.6) is 5.75 Å². The van der Waals surface area contributed by atoms with Gasteiger partial charge in [0.2, 0.25) is 5.91 Å². The van der Waals surface area contributed by atoms with E-state index in [1.807, 2.05) is 55.1 Å². The minimum absolute atomic E-state index is 0.133. The molecular formula is C20H23N3O3. The number of para-hydroxylation sites is 2. The van der Waals surface area contributed by atoms with Crippen molar-refractivity contribution in [2.24, 2.45) is 0 Å². The number of fused-ring (bicyclic) bond motifs is 1. The number of benzene rings is 2. The summed E-state index contributed by atoms with van der Waals surface area (Å²) >= 11 is 0. The minimum Gasteiger partial charge on any atom is -0.477 e. The first kappa shape index (κ1) is 17.8. The third kappa shape index (κ3) is 3.79. The first-order valence-electron chi connectivity index (χ1n) is 8.57. The Morgan fingerprint density at radius 1 is 1.19 bits per heavy atom. The van der Waals surface area contributed by atoms with E-state index in [2.05, 4.69) is 10.6 Å². The number of anilines is 2. The van der Waals surface area contributed by atoms with E-state index < -0.39 is 6.10 Å². The van der Waals surface area contributed by atoms with Crippen molar-refractivity contribution in [2.75, 3.05) is 30.4 Å². The van der Waals surface area contributed by atoms with E-state index in [0.717, 1.165) is 22.5 Å². The fraction of sp³-hybridized carbons (Fsp3) is 0.300. The highest BCUT2D eigenvalue weighted by molar-refractivity contribution is 5.95. The summed E-state index contributed by atoms with van der Waals surface area (Å²) in [6.07, 6.45) is -0.650. The molecule has 2 aromatic carbocycles.